The number of rotatable bonds is 3. The molecule has 1 aliphatic heterocycles. The number of hydrogen-bond acceptors (Lipinski definition) is 4. The molecule has 1 aromatic carbocycles. The number of aliphatic hydroxyl groups is 1. The van der Waals surface area contributed by atoms with Gasteiger partial charge in [0, 0.05) is 18.1 Å². The molecule has 23 heavy (non-hydrogen) atoms. The molecule has 0 bridgehead atoms. The number of hydrogen-bond donors (Lipinski definition) is 1. The van der Waals surface area contributed by atoms with Crippen LogP contribution in [-0.4, -0.2) is 23.2 Å². The summed E-state index contributed by atoms with van der Waals surface area (Å²) in [7, 11) is 0. The number of nitriles is 1. The first-order valence-corrected chi connectivity index (χ1v) is 8.11. The normalized spacial score (nSPS) is 16.8. The zero-order valence-corrected chi connectivity index (χ0v) is 13.4. The molecule has 1 aliphatic rings. The minimum absolute atomic E-state index is 0.228. The van der Waals surface area contributed by atoms with Gasteiger partial charge in [-0.3, -0.25) is 0 Å². The highest BCUT2D eigenvalue weighted by Crippen LogP contribution is 2.32. The summed E-state index contributed by atoms with van der Waals surface area (Å²) in [5, 5.41) is 20.2. The first-order valence-electron chi connectivity index (χ1n) is 7.73. The van der Waals surface area contributed by atoms with Crippen molar-refractivity contribution < 1.29 is 5.11 Å². The zero-order chi connectivity index (χ0) is 16.2. The molecule has 1 N–H and O–H groups in total. The topological polar surface area (TPSA) is 60.2 Å². The van der Waals surface area contributed by atoms with Gasteiger partial charge >= 0.3 is 0 Å². The van der Waals surface area contributed by atoms with Crippen molar-refractivity contribution in [2.45, 2.75) is 18.9 Å². The number of benzene rings is 1. The van der Waals surface area contributed by atoms with Crippen LogP contribution >= 0.6 is 11.6 Å². The van der Waals surface area contributed by atoms with Gasteiger partial charge in [0.1, 0.15) is 17.6 Å². The number of aliphatic hydroxyl groups excluding tert-OH is 1. The van der Waals surface area contributed by atoms with Crippen molar-refractivity contribution in [3.8, 4) is 6.07 Å². The Morgan fingerprint density at radius 1 is 1.17 bits per heavy atom. The van der Waals surface area contributed by atoms with E-state index in [4.69, 9.17) is 16.9 Å². The molecular weight excluding hydrogens is 310 g/mol. The van der Waals surface area contributed by atoms with Crippen LogP contribution in [0.1, 0.15) is 30.2 Å². The molecule has 118 valence electrons. The van der Waals surface area contributed by atoms with E-state index < -0.39 is 6.10 Å². The van der Waals surface area contributed by atoms with E-state index in [1.807, 2.05) is 36.4 Å². The largest absolute Gasteiger partial charge is 0.388 e. The van der Waals surface area contributed by atoms with E-state index in [-0.39, 0.29) is 5.92 Å². The van der Waals surface area contributed by atoms with Crippen molar-refractivity contribution in [3.05, 3.63) is 58.7 Å². The molecule has 0 spiro atoms. The summed E-state index contributed by atoms with van der Waals surface area (Å²) in [6.07, 6.45) is 1.32. The number of pyridine rings is 1. The Kier molecular flexibility index (Phi) is 4.80. The van der Waals surface area contributed by atoms with Gasteiger partial charge < -0.3 is 10.0 Å². The number of aromatic nitrogens is 1. The fraction of sp³-hybridized carbons (Fsp3) is 0.333. The number of nitrogens with zero attached hydrogens (tertiary/aromatic N) is 3. The van der Waals surface area contributed by atoms with Crippen molar-refractivity contribution in [2.75, 3.05) is 18.0 Å². The van der Waals surface area contributed by atoms with Gasteiger partial charge in [0.05, 0.1) is 6.10 Å². The Hall–Kier alpha value is -2.09. The average Bonchev–Trinajstić information content (AvgIpc) is 2.62. The summed E-state index contributed by atoms with van der Waals surface area (Å²) in [6.45, 7) is 1.66. The number of piperidine rings is 1. The fourth-order valence-electron chi connectivity index (χ4n) is 3.04. The quantitative estimate of drug-likeness (QED) is 0.936. The highest BCUT2D eigenvalue weighted by Gasteiger charge is 2.26. The lowest BCUT2D eigenvalue weighted by Gasteiger charge is -2.35. The molecule has 1 aromatic heterocycles. The van der Waals surface area contributed by atoms with E-state index in [0.29, 0.717) is 10.7 Å². The summed E-state index contributed by atoms with van der Waals surface area (Å²) in [6, 6.07) is 15.0. The Balaban J connectivity index is 1.63. The molecular formula is C18H18ClN3O. The van der Waals surface area contributed by atoms with E-state index in [9.17, 15) is 5.11 Å². The highest BCUT2D eigenvalue weighted by molar-refractivity contribution is 6.30. The number of halogens is 1. The SMILES string of the molecule is N#Cc1cccc(N2CCC(C(O)c3ccc(Cl)cc3)CC2)n1. The smallest absolute Gasteiger partial charge is 0.142 e. The van der Waals surface area contributed by atoms with Crippen LogP contribution in [0.4, 0.5) is 5.82 Å². The van der Waals surface area contributed by atoms with Crippen LogP contribution < -0.4 is 4.90 Å². The fourth-order valence-corrected chi connectivity index (χ4v) is 3.16. The van der Waals surface area contributed by atoms with E-state index in [0.717, 1.165) is 37.3 Å². The first-order chi connectivity index (χ1) is 11.2. The Morgan fingerprint density at radius 2 is 1.87 bits per heavy atom. The van der Waals surface area contributed by atoms with Crippen molar-refractivity contribution in [1.82, 2.24) is 4.98 Å². The molecule has 5 heteroatoms. The summed E-state index contributed by atoms with van der Waals surface area (Å²) in [5.41, 5.74) is 1.35. The maximum Gasteiger partial charge on any atom is 0.142 e. The van der Waals surface area contributed by atoms with Gasteiger partial charge in [0.25, 0.3) is 0 Å². The van der Waals surface area contributed by atoms with Crippen LogP contribution in [0.2, 0.25) is 5.02 Å². The molecule has 1 unspecified atom stereocenters. The molecule has 0 aliphatic carbocycles. The summed E-state index contributed by atoms with van der Waals surface area (Å²) < 4.78 is 0. The van der Waals surface area contributed by atoms with Gasteiger partial charge in [-0.1, -0.05) is 29.8 Å². The molecule has 4 nitrogen and oxygen atoms in total. The standard InChI is InChI=1S/C18H18ClN3O/c19-15-6-4-13(5-7-15)18(23)14-8-10-22(11-9-14)17-3-1-2-16(12-20)21-17/h1-7,14,18,23H,8-11H2. The lowest BCUT2D eigenvalue weighted by Crippen LogP contribution is -2.36. The predicted octanol–water partition coefficient (Wildman–Crippen LogP) is 3.56. The molecule has 0 amide bonds. The van der Waals surface area contributed by atoms with Gasteiger partial charge in [0.2, 0.25) is 0 Å². The third kappa shape index (κ3) is 3.64. The van der Waals surface area contributed by atoms with Crippen molar-refractivity contribution in [3.63, 3.8) is 0 Å². The van der Waals surface area contributed by atoms with Crippen LogP contribution in [-0.2, 0) is 0 Å². The highest BCUT2D eigenvalue weighted by atomic mass is 35.5. The zero-order valence-electron chi connectivity index (χ0n) is 12.7. The van der Waals surface area contributed by atoms with Crippen molar-refractivity contribution in [1.29, 1.82) is 5.26 Å². The van der Waals surface area contributed by atoms with Crippen LogP contribution in [0.15, 0.2) is 42.5 Å². The average molecular weight is 328 g/mol. The Morgan fingerprint density at radius 3 is 2.52 bits per heavy atom. The summed E-state index contributed by atoms with van der Waals surface area (Å²) in [5.74, 6) is 1.06. The first kappa shape index (κ1) is 15.8. The lowest BCUT2D eigenvalue weighted by molar-refractivity contribution is 0.0929. The molecule has 1 fully saturated rings. The molecule has 2 aromatic rings. The summed E-state index contributed by atoms with van der Waals surface area (Å²) in [4.78, 5) is 6.51. The van der Waals surface area contributed by atoms with Gasteiger partial charge in [-0.25, -0.2) is 4.98 Å². The van der Waals surface area contributed by atoms with Gasteiger partial charge in [-0.2, -0.15) is 5.26 Å². The van der Waals surface area contributed by atoms with Crippen molar-refractivity contribution >= 4 is 17.4 Å². The van der Waals surface area contributed by atoms with Crippen LogP contribution in [0.25, 0.3) is 0 Å². The van der Waals surface area contributed by atoms with Gasteiger partial charge in [-0.15, -0.1) is 0 Å². The maximum absolute atomic E-state index is 10.6. The predicted molar refractivity (Wildman–Crippen MR) is 90.3 cm³/mol. The minimum Gasteiger partial charge on any atom is -0.388 e. The van der Waals surface area contributed by atoms with Crippen LogP contribution in [0, 0.1) is 17.2 Å². The monoisotopic (exact) mass is 327 g/mol. The molecule has 2 heterocycles. The van der Waals surface area contributed by atoms with E-state index in [1.165, 1.54) is 0 Å². The van der Waals surface area contributed by atoms with Crippen LogP contribution in [0.3, 0.4) is 0 Å². The Labute approximate surface area is 141 Å². The van der Waals surface area contributed by atoms with Gasteiger partial charge in [0.15, 0.2) is 0 Å². The second-order valence-corrected chi connectivity index (χ2v) is 6.25. The Bertz CT molecular complexity index is 703. The minimum atomic E-state index is -0.465. The van der Waals surface area contributed by atoms with Crippen molar-refractivity contribution in [2.24, 2.45) is 5.92 Å². The maximum atomic E-state index is 10.6. The van der Waals surface area contributed by atoms with E-state index in [1.54, 1.807) is 6.07 Å². The third-order valence-electron chi connectivity index (χ3n) is 4.37. The second-order valence-electron chi connectivity index (χ2n) is 5.81. The summed E-state index contributed by atoms with van der Waals surface area (Å²) >= 11 is 5.90. The van der Waals surface area contributed by atoms with E-state index >= 15 is 0 Å². The second kappa shape index (κ2) is 6.99. The third-order valence-corrected chi connectivity index (χ3v) is 4.62. The lowest BCUT2D eigenvalue weighted by atomic mass is 9.87. The molecule has 3 rings (SSSR count). The number of anilines is 1. The van der Waals surface area contributed by atoms with Gasteiger partial charge in [-0.05, 0) is 48.6 Å². The van der Waals surface area contributed by atoms with E-state index in [2.05, 4.69) is 16.0 Å². The molecule has 1 saturated heterocycles. The molecule has 1 atom stereocenters. The van der Waals surface area contributed by atoms with Crippen LogP contribution in [0.5, 0.6) is 0 Å². The molecule has 0 saturated carbocycles. The molecule has 0 radical (unpaired) electrons.